The third kappa shape index (κ3) is 6.49. The summed E-state index contributed by atoms with van der Waals surface area (Å²) < 4.78 is 47.2. The average Bonchev–Trinajstić information content (AvgIpc) is 2.73. The van der Waals surface area contributed by atoms with Gasteiger partial charge in [0.2, 0.25) is 10.0 Å². The van der Waals surface area contributed by atoms with E-state index in [0.717, 1.165) is 16.4 Å². The molecule has 0 N–H and O–H groups in total. The third-order valence-corrected chi connectivity index (χ3v) is 7.29. The van der Waals surface area contributed by atoms with Crippen molar-refractivity contribution in [2.24, 2.45) is 5.92 Å². The van der Waals surface area contributed by atoms with Gasteiger partial charge in [-0.05, 0) is 55.2 Å². The Balaban J connectivity index is 2.61. The lowest BCUT2D eigenvalue weighted by Gasteiger charge is -2.33. The lowest BCUT2D eigenvalue weighted by molar-refractivity contribution is -0.384. The number of rotatable bonds is 10. The summed E-state index contributed by atoms with van der Waals surface area (Å²) in [6.45, 7) is 6.47. The minimum atomic E-state index is -4.23. The number of carbonyl (C=O) groups excluding carboxylic acids is 1. The number of esters is 1. The maximum atomic E-state index is 13.8. The molecule has 1 unspecified atom stereocenters. The molecule has 0 radical (unpaired) electrons. The van der Waals surface area contributed by atoms with Gasteiger partial charge in [0.25, 0.3) is 5.69 Å². The summed E-state index contributed by atoms with van der Waals surface area (Å²) in [7, 11) is -4.23. The van der Waals surface area contributed by atoms with Gasteiger partial charge in [-0.25, -0.2) is 12.8 Å². The van der Waals surface area contributed by atoms with Crippen molar-refractivity contribution in [3.05, 3.63) is 68.5 Å². The van der Waals surface area contributed by atoms with Crippen LogP contribution in [0.2, 0.25) is 5.02 Å². The summed E-state index contributed by atoms with van der Waals surface area (Å²) in [4.78, 5) is 22.8. The number of nitro groups is 1. The Morgan fingerprint density at radius 1 is 1.24 bits per heavy atom. The second kappa shape index (κ2) is 11.0. The highest BCUT2D eigenvalue weighted by atomic mass is 35.5. The smallest absolute Gasteiger partial charge is 0.307 e. The van der Waals surface area contributed by atoms with Gasteiger partial charge >= 0.3 is 5.97 Å². The first-order chi connectivity index (χ1) is 15.4. The molecule has 0 aliphatic heterocycles. The van der Waals surface area contributed by atoms with E-state index in [1.54, 1.807) is 20.8 Å². The topological polar surface area (TPSA) is 107 Å². The highest BCUT2D eigenvalue weighted by Crippen LogP contribution is 2.30. The lowest BCUT2D eigenvalue weighted by Crippen LogP contribution is -2.44. The minimum absolute atomic E-state index is 0.0840. The van der Waals surface area contributed by atoms with Crippen LogP contribution in [-0.2, 0) is 26.1 Å². The molecular formula is C22H26ClFN2O6S. The monoisotopic (exact) mass is 500 g/mol. The number of aryl methyl sites for hydroxylation is 1. The Kier molecular flexibility index (Phi) is 8.93. The van der Waals surface area contributed by atoms with Gasteiger partial charge in [-0.15, -0.1) is 0 Å². The van der Waals surface area contributed by atoms with E-state index in [2.05, 4.69) is 0 Å². The molecule has 1 atom stereocenters. The molecule has 180 valence electrons. The summed E-state index contributed by atoms with van der Waals surface area (Å²) in [5.41, 5.74) is 0.0864. The second-order valence-electron chi connectivity index (χ2n) is 7.82. The lowest BCUT2D eigenvalue weighted by atomic mass is 10.0. The van der Waals surface area contributed by atoms with Crippen LogP contribution in [0.4, 0.5) is 10.1 Å². The number of benzene rings is 2. The Hall–Kier alpha value is -2.56. The van der Waals surface area contributed by atoms with Crippen LogP contribution in [0, 0.1) is 28.8 Å². The molecule has 0 aliphatic carbocycles. The van der Waals surface area contributed by atoms with E-state index < -0.39 is 32.8 Å². The van der Waals surface area contributed by atoms with Crippen molar-refractivity contribution in [3.8, 4) is 0 Å². The third-order valence-electron chi connectivity index (χ3n) is 5.10. The summed E-state index contributed by atoms with van der Waals surface area (Å²) in [6, 6.07) is 6.59. The number of sulfonamides is 1. The van der Waals surface area contributed by atoms with Gasteiger partial charge in [0.05, 0.1) is 22.8 Å². The number of carbonyl (C=O) groups is 1. The molecule has 0 aliphatic rings. The highest BCUT2D eigenvalue weighted by Gasteiger charge is 2.35. The number of hydrogen-bond donors (Lipinski definition) is 0. The summed E-state index contributed by atoms with van der Waals surface area (Å²) in [6.07, 6.45) is -0.222. The normalized spacial score (nSPS) is 12.7. The maximum Gasteiger partial charge on any atom is 0.307 e. The first kappa shape index (κ1) is 26.7. The zero-order valence-electron chi connectivity index (χ0n) is 18.7. The van der Waals surface area contributed by atoms with E-state index in [1.165, 1.54) is 31.2 Å². The molecule has 0 saturated carbocycles. The van der Waals surface area contributed by atoms with E-state index in [4.69, 9.17) is 16.3 Å². The molecule has 0 bridgehead atoms. The molecule has 2 rings (SSSR count). The zero-order chi connectivity index (χ0) is 24.9. The first-order valence-electron chi connectivity index (χ1n) is 10.2. The highest BCUT2D eigenvalue weighted by molar-refractivity contribution is 7.89. The van der Waals surface area contributed by atoms with Gasteiger partial charge in [-0.2, -0.15) is 4.31 Å². The number of ether oxygens (including phenoxy) is 1. The molecule has 2 aromatic rings. The largest absolute Gasteiger partial charge is 0.466 e. The number of nitro benzene ring substituents is 1. The van der Waals surface area contributed by atoms with E-state index in [9.17, 15) is 27.7 Å². The van der Waals surface area contributed by atoms with E-state index in [0.29, 0.717) is 5.56 Å². The summed E-state index contributed by atoms with van der Waals surface area (Å²) in [5, 5.41) is 11.2. The molecule has 0 amide bonds. The van der Waals surface area contributed by atoms with Crippen LogP contribution < -0.4 is 0 Å². The van der Waals surface area contributed by atoms with Crippen LogP contribution in [0.25, 0.3) is 0 Å². The fourth-order valence-corrected chi connectivity index (χ4v) is 5.35. The van der Waals surface area contributed by atoms with Gasteiger partial charge in [-0.1, -0.05) is 31.5 Å². The van der Waals surface area contributed by atoms with E-state index in [-0.39, 0.29) is 46.7 Å². The molecule has 8 nitrogen and oxygen atoms in total. The Morgan fingerprint density at radius 3 is 2.45 bits per heavy atom. The predicted octanol–water partition coefficient (Wildman–Crippen LogP) is 4.86. The fourth-order valence-electron chi connectivity index (χ4n) is 3.33. The van der Waals surface area contributed by atoms with Gasteiger partial charge in [-0.3, -0.25) is 14.9 Å². The van der Waals surface area contributed by atoms with Gasteiger partial charge in [0.1, 0.15) is 10.8 Å². The van der Waals surface area contributed by atoms with Gasteiger partial charge in [0, 0.05) is 18.7 Å². The quantitative estimate of drug-likeness (QED) is 0.262. The molecule has 0 saturated heterocycles. The Bertz CT molecular complexity index is 1140. The van der Waals surface area contributed by atoms with E-state index in [1.807, 2.05) is 0 Å². The van der Waals surface area contributed by atoms with Crippen molar-refractivity contribution in [3.63, 3.8) is 0 Å². The van der Waals surface area contributed by atoms with Gasteiger partial charge < -0.3 is 4.74 Å². The number of nitrogens with zero attached hydrogens (tertiary/aromatic N) is 2. The average molecular weight is 501 g/mol. The van der Waals surface area contributed by atoms with Crippen molar-refractivity contribution in [2.45, 2.75) is 51.6 Å². The number of hydrogen-bond acceptors (Lipinski definition) is 6. The SMILES string of the molecule is CCOC(=O)CC(C(C)C)N(Cc1ccc(Cl)c([N+](=O)[O-])c1)S(=O)(=O)c1ccc(F)c(C)c1. The van der Waals surface area contributed by atoms with Crippen LogP contribution in [0.5, 0.6) is 0 Å². The molecule has 0 heterocycles. The summed E-state index contributed by atoms with van der Waals surface area (Å²) in [5.74, 6) is -1.44. The van der Waals surface area contributed by atoms with Crippen molar-refractivity contribution in [2.75, 3.05) is 6.61 Å². The molecule has 2 aromatic carbocycles. The van der Waals surface area contributed by atoms with E-state index >= 15 is 0 Å². The molecule has 11 heteroatoms. The van der Waals surface area contributed by atoms with Crippen LogP contribution in [0.1, 0.15) is 38.3 Å². The Labute approximate surface area is 197 Å². The van der Waals surface area contributed by atoms with Gasteiger partial charge in [0.15, 0.2) is 0 Å². The zero-order valence-corrected chi connectivity index (χ0v) is 20.3. The summed E-state index contributed by atoms with van der Waals surface area (Å²) >= 11 is 5.89. The van der Waals surface area contributed by atoms with Crippen molar-refractivity contribution < 1.29 is 27.3 Å². The van der Waals surface area contributed by atoms with Crippen molar-refractivity contribution in [1.29, 1.82) is 0 Å². The second-order valence-corrected chi connectivity index (χ2v) is 10.1. The Morgan fingerprint density at radius 2 is 1.91 bits per heavy atom. The maximum absolute atomic E-state index is 13.8. The van der Waals surface area contributed by atoms with Crippen LogP contribution in [0.15, 0.2) is 41.3 Å². The molecular weight excluding hydrogens is 475 g/mol. The minimum Gasteiger partial charge on any atom is -0.466 e. The first-order valence-corrected chi connectivity index (χ1v) is 12.1. The van der Waals surface area contributed by atoms with Crippen molar-refractivity contribution in [1.82, 2.24) is 4.31 Å². The number of halogens is 2. The molecule has 33 heavy (non-hydrogen) atoms. The molecule has 0 fully saturated rings. The van der Waals surface area contributed by atoms with Crippen molar-refractivity contribution >= 4 is 33.3 Å². The van der Waals surface area contributed by atoms with Crippen LogP contribution in [-0.4, -0.2) is 36.3 Å². The fraction of sp³-hybridized carbons (Fsp3) is 0.409. The molecule has 0 aromatic heterocycles. The van der Waals surface area contributed by atoms with Crippen LogP contribution >= 0.6 is 11.6 Å². The standard InChI is InChI=1S/C22H26ClFN2O6S/c1-5-32-22(27)12-20(14(2)3)25(13-16-6-8-18(23)21(11-16)26(28)29)33(30,31)17-7-9-19(24)15(4)10-17/h6-11,14,20H,5,12-13H2,1-4H3. The molecule has 0 spiro atoms. The van der Waals surface area contributed by atoms with Crippen LogP contribution in [0.3, 0.4) is 0 Å². The predicted molar refractivity (Wildman–Crippen MR) is 122 cm³/mol.